The van der Waals surface area contributed by atoms with E-state index in [1.54, 1.807) is 0 Å². The lowest BCUT2D eigenvalue weighted by atomic mass is 9.98. The van der Waals surface area contributed by atoms with Crippen LogP contribution in [0.3, 0.4) is 0 Å². The summed E-state index contributed by atoms with van der Waals surface area (Å²) in [5.41, 5.74) is 0. The molecule has 0 radical (unpaired) electrons. The SMILES string of the molecule is CCCOCCNCCOC1CCCCC1. The van der Waals surface area contributed by atoms with E-state index in [0.29, 0.717) is 6.10 Å². The van der Waals surface area contributed by atoms with Crippen LogP contribution in [-0.2, 0) is 9.47 Å². The maximum absolute atomic E-state index is 5.81. The Morgan fingerprint density at radius 2 is 1.75 bits per heavy atom. The van der Waals surface area contributed by atoms with Crippen LogP contribution in [0.15, 0.2) is 0 Å². The quantitative estimate of drug-likeness (QED) is 0.616. The molecule has 1 N–H and O–H groups in total. The van der Waals surface area contributed by atoms with Crippen molar-refractivity contribution in [1.29, 1.82) is 0 Å². The molecule has 0 aromatic rings. The Labute approximate surface area is 99.9 Å². The fourth-order valence-corrected chi connectivity index (χ4v) is 2.05. The minimum atomic E-state index is 0.534. The standard InChI is InChI=1S/C13H27NO2/c1-2-10-15-11-8-14-9-12-16-13-6-4-3-5-7-13/h13-14H,2-12H2,1H3. The van der Waals surface area contributed by atoms with Crippen LogP contribution in [0.5, 0.6) is 0 Å². The molecule has 0 amide bonds. The highest BCUT2D eigenvalue weighted by Gasteiger charge is 2.12. The zero-order chi connectivity index (χ0) is 11.5. The normalized spacial score (nSPS) is 17.8. The van der Waals surface area contributed by atoms with E-state index in [-0.39, 0.29) is 0 Å². The lowest BCUT2D eigenvalue weighted by Crippen LogP contribution is -2.27. The third kappa shape index (κ3) is 7.20. The van der Waals surface area contributed by atoms with Gasteiger partial charge in [-0.2, -0.15) is 0 Å². The van der Waals surface area contributed by atoms with Gasteiger partial charge in [0.15, 0.2) is 0 Å². The first kappa shape index (κ1) is 13.9. The van der Waals surface area contributed by atoms with Gasteiger partial charge in [-0.1, -0.05) is 26.2 Å². The molecular weight excluding hydrogens is 202 g/mol. The van der Waals surface area contributed by atoms with Gasteiger partial charge in [0.1, 0.15) is 0 Å². The Kier molecular flexibility index (Phi) is 8.77. The molecule has 1 aliphatic rings. The Balaban J connectivity index is 1.77. The van der Waals surface area contributed by atoms with Crippen molar-refractivity contribution in [3.8, 4) is 0 Å². The fourth-order valence-electron chi connectivity index (χ4n) is 2.05. The van der Waals surface area contributed by atoms with Crippen molar-refractivity contribution in [2.24, 2.45) is 0 Å². The van der Waals surface area contributed by atoms with Gasteiger partial charge < -0.3 is 14.8 Å². The molecule has 0 aromatic heterocycles. The highest BCUT2D eigenvalue weighted by atomic mass is 16.5. The summed E-state index contributed by atoms with van der Waals surface area (Å²) in [7, 11) is 0. The van der Waals surface area contributed by atoms with Crippen molar-refractivity contribution in [1.82, 2.24) is 5.32 Å². The van der Waals surface area contributed by atoms with Crippen LogP contribution in [0.2, 0.25) is 0 Å². The van der Waals surface area contributed by atoms with E-state index in [2.05, 4.69) is 12.2 Å². The maximum Gasteiger partial charge on any atom is 0.0594 e. The van der Waals surface area contributed by atoms with Gasteiger partial charge in [0.2, 0.25) is 0 Å². The summed E-state index contributed by atoms with van der Waals surface area (Å²) in [5, 5.41) is 3.33. The van der Waals surface area contributed by atoms with Crippen molar-refractivity contribution < 1.29 is 9.47 Å². The average molecular weight is 229 g/mol. The molecule has 0 aromatic carbocycles. The van der Waals surface area contributed by atoms with Gasteiger partial charge in [-0.3, -0.25) is 0 Å². The van der Waals surface area contributed by atoms with E-state index >= 15 is 0 Å². The lowest BCUT2D eigenvalue weighted by Gasteiger charge is -2.22. The van der Waals surface area contributed by atoms with Gasteiger partial charge in [0.05, 0.1) is 19.3 Å². The Morgan fingerprint density at radius 1 is 1.00 bits per heavy atom. The molecule has 0 unspecified atom stereocenters. The first-order chi connectivity index (χ1) is 7.93. The highest BCUT2D eigenvalue weighted by Crippen LogP contribution is 2.19. The van der Waals surface area contributed by atoms with Crippen LogP contribution in [0, 0.1) is 0 Å². The number of hydrogen-bond donors (Lipinski definition) is 1. The zero-order valence-electron chi connectivity index (χ0n) is 10.7. The van der Waals surface area contributed by atoms with E-state index in [4.69, 9.17) is 9.47 Å². The Morgan fingerprint density at radius 3 is 2.50 bits per heavy atom. The van der Waals surface area contributed by atoms with Gasteiger partial charge in [-0.25, -0.2) is 0 Å². The highest BCUT2D eigenvalue weighted by molar-refractivity contribution is 4.65. The predicted octanol–water partition coefficient (Wildman–Crippen LogP) is 2.35. The van der Waals surface area contributed by atoms with Crippen LogP contribution in [0.25, 0.3) is 0 Å². The summed E-state index contributed by atoms with van der Waals surface area (Å²) in [6.45, 7) is 6.56. The largest absolute Gasteiger partial charge is 0.380 e. The second kappa shape index (κ2) is 10.1. The summed E-state index contributed by atoms with van der Waals surface area (Å²) in [4.78, 5) is 0. The van der Waals surface area contributed by atoms with Crippen LogP contribution < -0.4 is 5.32 Å². The van der Waals surface area contributed by atoms with Crippen LogP contribution in [0.4, 0.5) is 0 Å². The van der Waals surface area contributed by atoms with Gasteiger partial charge in [-0.05, 0) is 19.3 Å². The van der Waals surface area contributed by atoms with Gasteiger partial charge in [0, 0.05) is 19.7 Å². The molecule has 1 saturated carbocycles. The van der Waals surface area contributed by atoms with Crippen LogP contribution >= 0.6 is 0 Å². The van der Waals surface area contributed by atoms with Crippen molar-refractivity contribution in [3.05, 3.63) is 0 Å². The topological polar surface area (TPSA) is 30.5 Å². The molecule has 0 heterocycles. The van der Waals surface area contributed by atoms with Crippen LogP contribution in [0.1, 0.15) is 45.4 Å². The molecule has 16 heavy (non-hydrogen) atoms. The molecule has 1 fully saturated rings. The van der Waals surface area contributed by atoms with Gasteiger partial charge in [0.25, 0.3) is 0 Å². The molecule has 1 aliphatic carbocycles. The smallest absolute Gasteiger partial charge is 0.0594 e. The van der Waals surface area contributed by atoms with E-state index < -0.39 is 0 Å². The van der Waals surface area contributed by atoms with E-state index in [0.717, 1.165) is 39.3 Å². The van der Waals surface area contributed by atoms with E-state index in [9.17, 15) is 0 Å². The maximum atomic E-state index is 5.81. The van der Waals surface area contributed by atoms with Crippen molar-refractivity contribution in [3.63, 3.8) is 0 Å². The first-order valence-electron chi connectivity index (χ1n) is 6.83. The van der Waals surface area contributed by atoms with Crippen molar-refractivity contribution >= 4 is 0 Å². The van der Waals surface area contributed by atoms with Gasteiger partial charge in [-0.15, -0.1) is 0 Å². The Bertz CT molecular complexity index is 147. The molecule has 3 nitrogen and oxygen atoms in total. The molecule has 96 valence electrons. The lowest BCUT2D eigenvalue weighted by molar-refractivity contribution is 0.0295. The second-order valence-corrected chi connectivity index (χ2v) is 4.49. The van der Waals surface area contributed by atoms with Crippen LogP contribution in [-0.4, -0.2) is 39.0 Å². The molecular formula is C13H27NO2. The predicted molar refractivity (Wildman–Crippen MR) is 66.8 cm³/mol. The summed E-state index contributed by atoms with van der Waals surface area (Å²) in [5.74, 6) is 0. The summed E-state index contributed by atoms with van der Waals surface area (Å²) in [6, 6.07) is 0. The minimum Gasteiger partial charge on any atom is -0.380 e. The molecule has 1 rings (SSSR count). The fraction of sp³-hybridized carbons (Fsp3) is 1.00. The number of nitrogens with one attached hydrogen (secondary N) is 1. The molecule has 0 atom stereocenters. The molecule has 0 saturated heterocycles. The third-order valence-electron chi connectivity index (χ3n) is 2.96. The van der Waals surface area contributed by atoms with E-state index in [1.807, 2.05) is 0 Å². The second-order valence-electron chi connectivity index (χ2n) is 4.49. The Hall–Kier alpha value is -0.120. The molecule has 0 spiro atoms. The molecule has 0 bridgehead atoms. The monoisotopic (exact) mass is 229 g/mol. The minimum absolute atomic E-state index is 0.534. The summed E-state index contributed by atoms with van der Waals surface area (Å²) < 4.78 is 11.2. The average Bonchev–Trinajstić information content (AvgIpc) is 2.34. The van der Waals surface area contributed by atoms with Gasteiger partial charge >= 0.3 is 0 Å². The molecule has 3 heteroatoms. The number of hydrogen-bond acceptors (Lipinski definition) is 3. The molecule has 0 aliphatic heterocycles. The number of ether oxygens (including phenoxy) is 2. The zero-order valence-corrected chi connectivity index (χ0v) is 10.7. The van der Waals surface area contributed by atoms with Crippen molar-refractivity contribution in [2.75, 3.05) is 32.9 Å². The third-order valence-corrected chi connectivity index (χ3v) is 2.96. The number of rotatable bonds is 9. The van der Waals surface area contributed by atoms with Crippen molar-refractivity contribution in [2.45, 2.75) is 51.6 Å². The summed E-state index contributed by atoms with van der Waals surface area (Å²) in [6.07, 6.45) is 8.26. The first-order valence-corrected chi connectivity index (χ1v) is 6.83. The summed E-state index contributed by atoms with van der Waals surface area (Å²) >= 11 is 0. The van der Waals surface area contributed by atoms with E-state index in [1.165, 1.54) is 32.1 Å².